The topological polar surface area (TPSA) is 60.2 Å². The lowest BCUT2D eigenvalue weighted by atomic mass is 10.2. The Labute approximate surface area is 104 Å². The fraction of sp³-hybridized carbons (Fsp3) is 0.250. The van der Waals surface area contributed by atoms with Crippen molar-refractivity contribution < 1.29 is 4.74 Å². The molecule has 1 heterocycles. The van der Waals surface area contributed by atoms with Gasteiger partial charge in [-0.15, -0.1) is 11.3 Å². The number of nitrogen functional groups attached to an aromatic ring is 1. The number of nitrogens with two attached hydrogens (primary N) is 1. The first kappa shape index (κ1) is 11.7. The Morgan fingerprint density at radius 1 is 1.47 bits per heavy atom. The van der Waals surface area contributed by atoms with Crippen molar-refractivity contribution in [3.63, 3.8) is 0 Å². The van der Waals surface area contributed by atoms with Crippen molar-refractivity contribution >= 4 is 22.7 Å². The molecule has 3 N–H and O–H groups in total. The molecule has 2 rings (SSSR count). The highest BCUT2D eigenvalue weighted by atomic mass is 32.1. The van der Waals surface area contributed by atoms with Gasteiger partial charge in [-0.2, -0.15) is 0 Å². The van der Waals surface area contributed by atoms with E-state index in [0.717, 1.165) is 22.1 Å². The summed E-state index contributed by atoms with van der Waals surface area (Å²) >= 11 is 1.64. The first-order valence-electron chi connectivity index (χ1n) is 5.27. The molecule has 1 aromatic carbocycles. The van der Waals surface area contributed by atoms with Crippen LogP contribution in [0, 0.1) is 6.92 Å². The molecule has 0 radical (unpaired) electrons. The minimum atomic E-state index is 0.676. The smallest absolute Gasteiger partial charge is 0.121 e. The lowest BCUT2D eigenvalue weighted by Gasteiger charge is -2.09. The summed E-state index contributed by atoms with van der Waals surface area (Å²) in [5.41, 5.74) is 8.51. The van der Waals surface area contributed by atoms with Crippen molar-refractivity contribution in [3.8, 4) is 5.75 Å². The average Bonchev–Trinajstić information content (AvgIpc) is 2.74. The predicted molar refractivity (Wildman–Crippen MR) is 71.6 cm³/mol. The molecule has 1 aromatic heterocycles. The van der Waals surface area contributed by atoms with Crippen LogP contribution in [0.4, 0.5) is 11.4 Å². The van der Waals surface area contributed by atoms with E-state index in [1.165, 1.54) is 0 Å². The van der Waals surface area contributed by atoms with E-state index in [2.05, 4.69) is 10.3 Å². The Kier molecular flexibility index (Phi) is 3.49. The number of hydrogen-bond acceptors (Lipinski definition) is 5. The highest BCUT2D eigenvalue weighted by molar-refractivity contribution is 7.09. The van der Waals surface area contributed by atoms with Crippen LogP contribution in [-0.4, -0.2) is 12.1 Å². The van der Waals surface area contributed by atoms with Gasteiger partial charge in [-0.3, -0.25) is 0 Å². The van der Waals surface area contributed by atoms with Gasteiger partial charge < -0.3 is 15.8 Å². The first-order valence-corrected chi connectivity index (χ1v) is 6.15. The predicted octanol–water partition coefficient (Wildman–Crippen LogP) is 2.65. The van der Waals surface area contributed by atoms with Gasteiger partial charge in [0.25, 0.3) is 0 Å². The number of rotatable bonds is 4. The molecule has 0 atom stereocenters. The second-order valence-electron chi connectivity index (χ2n) is 3.69. The van der Waals surface area contributed by atoms with Crippen LogP contribution < -0.4 is 15.8 Å². The van der Waals surface area contributed by atoms with Crippen molar-refractivity contribution in [1.82, 2.24) is 4.98 Å². The van der Waals surface area contributed by atoms with Crippen LogP contribution in [0.3, 0.4) is 0 Å². The van der Waals surface area contributed by atoms with Gasteiger partial charge in [-0.1, -0.05) is 0 Å². The molecule has 0 aliphatic carbocycles. The number of anilines is 2. The second-order valence-corrected chi connectivity index (χ2v) is 4.63. The standard InChI is InChI=1S/C12H15N3OS/c1-8-7-17-12(15-8)6-14-11-5-9(16-2)3-4-10(11)13/h3-5,7,14H,6,13H2,1-2H3. The molecule has 0 bridgehead atoms. The molecule has 2 aromatic rings. The summed E-state index contributed by atoms with van der Waals surface area (Å²) in [6.07, 6.45) is 0. The summed E-state index contributed by atoms with van der Waals surface area (Å²) in [6, 6.07) is 5.55. The van der Waals surface area contributed by atoms with Crippen molar-refractivity contribution in [2.75, 3.05) is 18.2 Å². The maximum atomic E-state index is 5.88. The zero-order chi connectivity index (χ0) is 12.3. The third-order valence-electron chi connectivity index (χ3n) is 2.36. The summed E-state index contributed by atoms with van der Waals surface area (Å²) in [4.78, 5) is 4.38. The van der Waals surface area contributed by atoms with E-state index in [1.807, 2.05) is 30.5 Å². The fourth-order valence-corrected chi connectivity index (χ4v) is 2.18. The Bertz CT molecular complexity index is 510. The molecular weight excluding hydrogens is 234 g/mol. The number of hydrogen-bond donors (Lipinski definition) is 2. The zero-order valence-electron chi connectivity index (χ0n) is 9.86. The molecule has 4 nitrogen and oxygen atoms in total. The van der Waals surface area contributed by atoms with Gasteiger partial charge >= 0.3 is 0 Å². The Morgan fingerprint density at radius 3 is 2.94 bits per heavy atom. The first-order chi connectivity index (χ1) is 8.19. The molecule has 0 aliphatic heterocycles. The Hall–Kier alpha value is -1.75. The van der Waals surface area contributed by atoms with E-state index < -0.39 is 0 Å². The van der Waals surface area contributed by atoms with Gasteiger partial charge in [0.2, 0.25) is 0 Å². The van der Waals surface area contributed by atoms with Gasteiger partial charge in [0.1, 0.15) is 10.8 Å². The highest BCUT2D eigenvalue weighted by Crippen LogP contribution is 2.25. The van der Waals surface area contributed by atoms with E-state index in [0.29, 0.717) is 12.2 Å². The third kappa shape index (κ3) is 2.88. The van der Waals surface area contributed by atoms with Crippen LogP contribution in [0.2, 0.25) is 0 Å². The van der Waals surface area contributed by atoms with Crippen LogP contribution in [0.15, 0.2) is 23.6 Å². The van der Waals surface area contributed by atoms with Gasteiger partial charge in [-0.25, -0.2) is 4.98 Å². The van der Waals surface area contributed by atoms with Crippen LogP contribution in [0.25, 0.3) is 0 Å². The van der Waals surface area contributed by atoms with Crippen molar-refractivity contribution in [1.29, 1.82) is 0 Å². The van der Waals surface area contributed by atoms with Crippen LogP contribution >= 0.6 is 11.3 Å². The molecule has 0 saturated heterocycles. The molecule has 0 aliphatic rings. The van der Waals surface area contributed by atoms with Crippen molar-refractivity contribution in [3.05, 3.63) is 34.3 Å². The summed E-state index contributed by atoms with van der Waals surface area (Å²) in [6.45, 7) is 2.66. The fourth-order valence-electron chi connectivity index (χ4n) is 1.47. The average molecular weight is 249 g/mol. The van der Waals surface area contributed by atoms with Gasteiger partial charge in [0.15, 0.2) is 0 Å². The molecule has 0 amide bonds. The number of nitrogens with one attached hydrogen (secondary N) is 1. The number of benzene rings is 1. The minimum absolute atomic E-state index is 0.676. The highest BCUT2D eigenvalue weighted by Gasteiger charge is 2.03. The number of aromatic nitrogens is 1. The minimum Gasteiger partial charge on any atom is -0.497 e. The maximum Gasteiger partial charge on any atom is 0.121 e. The monoisotopic (exact) mass is 249 g/mol. The van der Waals surface area contributed by atoms with E-state index in [1.54, 1.807) is 18.4 Å². The van der Waals surface area contributed by atoms with Crippen molar-refractivity contribution in [2.45, 2.75) is 13.5 Å². The largest absolute Gasteiger partial charge is 0.497 e. The summed E-state index contributed by atoms with van der Waals surface area (Å²) in [7, 11) is 1.64. The second kappa shape index (κ2) is 5.05. The Balaban J connectivity index is 2.07. The lowest BCUT2D eigenvalue weighted by molar-refractivity contribution is 0.415. The molecule has 17 heavy (non-hydrogen) atoms. The summed E-state index contributed by atoms with van der Waals surface area (Å²) in [5, 5.41) is 6.34. The number of ether oxygens (including phenoxy) is 1. The maximum absolute atomic E-state index is 5.88. The number of methoxy groups -OCH3 is 1. The summed E-state index contributed by atoms with van der Waals surface area (Å²) < 4.78 is 5.16. The van der Waals surface area contributed by atoms with E-state index in [-0.39, 0.29) is 0 Å². The molecule has 0 unspecified atom stereocenters. The zero-order valence-corrected chi connectivity index (χ0v) is 10.7. The van der Waals surface area contributed by atoms with E-state index in [4.69, 9.17) is 10.5 Å². The van der Waals surface area contributed by atoms with Gasteiger partial charge in [-0.05, 0) is 19.1 Å². The molecule has 0 fully saturated rings. The SMILES string of the molecule is COc1ccc(N)c(NCc2nc(C)cs2)c1. The van der Waals surface area contributed by atoms with E-state index in [9.17, 15) is 0 Å². The molecule has 5 heteroatoms. The van der Waals surface area contributed by atoms with Gasteiger partial charge in [0, 0.05) is 17.1 Å². The molecular formula is C12H15N3OS. The third-order valence-corrected chi connectivity index (χ3v) is 3.32. The molecule has 0 saturated carbocycles. The van der Waals surface area contributed by atoms with Crippen LogP contribution in [-0.2, 0) is 6.54 Å². The molecule has 90 valence electrons. The van der Waals surface area contributed by atoms with E-state index >= 15 is 0 Å². The Morgan fingerprint density at radius 2 is 2.29 bits per heavy atom. The van der Waals surface area contributed by atoms with Crippen LogP contribution in [0.5, 0.6) is 5.75 Å². The van der Waals surface area contributed by atoms with Crippen molar-refractivity contribution in [2.24, 2.45) is 0 Å². The lowest BCUT2D eigenvalue weighted by Crippen LogP contribution is -2.02. The van der Waals surface area contributed by atoms with Gasteiger partial charge in [0.05, 0.1) is 25.0 Å². The normalized spacial score (nSPS) is 10.2. The number of thiazole rings is 1. The number of nitrogens with zero attached hydrogens (tertiary/aromatic N) is 1. The summed E-state index contributed by atoms with van der Waals surface area (Å²) in [5.74, 6) is 0.789. The molecule has 0 spiro atoms. The quantitative estimate of drug-likeness (QED) is 0.818. The van der Waals surface area contributed by atoms with Crippen LogP contribution in [0.1, 0.15) is 10.7 Å². The number of aryl methyl sites for hydroxylation is 1.